The van der Waals surface area contributed by atoms with Crippen molar-refractivity contribution in [3.63, 3.8) is 0 Å². The highest BCUT2D eigenvalue weighted by molar-refractivity contribution is 6.42. The van der Waals surface area contributed by atoms with Gasteiger partial charge in [-0.05, 0) is 44.4 Å². The van der Waals surface area contributed by atoms with Crippen molar-refractivity contribution in [2.45, 2.75) is 66.3 Å². The second-order valence-corrected chi connectivity index (χ2v) is 7.49. The van der Waals surface area contributed by atoms with Crippen molar-refractivity contribution in [2.24, 2.45) is 17.8 Å². The van der Waals surface area contributed by atoms with E-state index in [4.69, 9.17) is 21.1 Å². The number of carbonyl (C=O) groups is 1. The summed E-state index contributed by atoms with van der Waals surface area (Å²) in [6.07, 6.45) is 2.88. The molecule has 0 radical (unpaired) electrons. The molecule has 0 spiro atoms. The first-order valence-corrected chi connectivity index (χ1v) is 9.27. The molecule has 5 heteroatoms. The van der Waals surface area contributed by atoms with Gasteiger partial charge in [0.1, 0.15) is 5.70 Å². The molecule has 1 fully saturated rings. The van der Waals surface area contributed by atoms with E-state index in [1.165, 1.54) is 12.8 Å². The minimum atomic E-state index is -0.661. The Balaban J connectivity index is 2.18. The summed E-state index contributed by atoms with van der Waals surface area (Å²) in [4.78, 5) is 14.0. The van der Waals surface area contributed by atoms with E-state index in [9.17, 15) is 4.79 Å². The van der Waals surface area contributed by atoms with Crippen LogP contribution in [-0.4, -0.2) is 36.4 Å². The van der Waals surface area contributed by atoms with Crippen LogP contribution in [0.25, 0.3) is 0 Å². The molecule has 1 saturated carbocycles. The molecule has 1 aliphatic carbocycles. The van der Waals surface area contributed by atoms with Crippen LogP contribution in [0.1, 0.15) is 53.9 Å². The lowest BCUT2D eigenvalue weighted by Crippen LogP contribution is -2.40. The van der Waals surface area contributed by atoms with Crippen LogP contribution in [0.4, 0.5) is 0 Å². The quantitative estimate of drug-likeness (QED) is 0.679. The third-order valence-corrected chi connectivity index (χ3v) is 5.55. The van der Waals surface area contributed by atoms with E-state index in [0.717, 1.165) is 19.5 Å². The molecule has 132 valence electrons. The smallest absolute Gasteiger partial charge is 0.354 e. The van der Waals surface area contributed by atoms with Gasteiger partial charge in [0, 0.05) is 13.1 Å². The van der Waals surface area contributed by atoms with Crippen LogP contribution in [0, 0.1) is 17.8 Å². The zero-order valence-corrected chi connectivity index (χ0v) is 15.7. The standard InChI is InChI=1S/C18H30ClNO3/c1-6-20(7-2)16-15(19)17(21)23-18(16)22-14-10-12(5)8-9-13(14)11(3)4/h11-14,18H,6-10H2,1-5H3/t12?,13?,14?,18-/m0/s1. The average molecular weight is 344 g/mol. The fourth-order valence-corrected chi connectivity index (χ4v) is 4.04. The molecule has 1 aliphatic heterocycles. The lowest BCUT2D eigenvalue weighted by atomic mass is 9.75. The Bertz CT molecular complexity index is 459. The lowest BCUT2D eigenvalue weighted by molar-refractivity contribution is -0.184. The molecule has 1 heterocycles. The van der Waals surface area contributed by atoms with Gasteiger partial charge in [-0.1, -0.05) is 38.8 Å². The number of carbonyl (C=O) groups excluding carboxylic acids is 1. The monoisotopic (exact) mass is 343 g/mol. The molecule has 4 atom stereocenters. The highest BCUT2D eigenvalue weighted by Crippen LogP contribution is 2.38. The highest BCUT2D eigenvalue weighted by Gasteiger charge is 2.41. The molecular formula is C18H30ClNO3. The molecular weight excluding hydrogens is 314 g/mol. The number of likely N-dealkylation sites (N-methyl/N-ethyl adjacent to an activating group) is 1. The van der Waals surface area contributed by atoms with Crippen LogP contribution in [-0.2, 0) is 14.3 Å². The van der Waals surface area contributed by atoms with Gasteiger partial charge in [-0.25, -0.2) is 4.79 Å². The van der Waals surface area contributed by atoms with Crippen molar-refractivity contribution < 1.29 is 14.3 Å². The third kappa shape index (κ3) is 4.03. The van der Waals surface area contributed by atoms with Crippen LogP contribution in [0.2, 0.25) is 0 Å². The fourth-order valence-electron chi connectivity index (χ4n) is 3.79. The molecule has 3 unspecified atom stereocenters. The second kappa shape index (κ2) is 7.89. The summed E-state index contributed by atoms with van der Waals surface area (Å²) in [6, 6.07) is 0. The Morgan fingerprint density at radius 3 is 2.52 bits per heavy atom. The molecule has 2 rings (SSSR count). The molecule has 4 nitrogen and oxygen atoms in total. The van der Waals surface area contributed by atoms with Gasteiger partial charge in [0.2, 0.25) is 6.29 Å². The van der Waals surface area contributed by atoms with Crippen LogP contribution in [0.15, 0.2) is 10.7 Å². The number of ether oxygens (including phenoxy) is 2. The van der Waals surface area contributed by atoms with Crippen LogP contribution in [0.5, 0.6) is 0 Å². The molecule has 0 aromatic heterocycles. The van der Waals surface area contributed by atoms with Gasteiger partial charge < -0.3 is 14.4 Å². The van der Waals surface area contributed by atoms with E-state index in [1.54, 1.807) is 0 Å². The minimum Gasteiger partial charge on any atom is -0.425 e. The van der Waals surface area contributed by atoms with Crippen LogP contribution < -0.4 is 0 Å². The minimum absolute atomic E-state index is 0.115. The zero-order chi connectivity index (χ0) is 17.1. The molecule has 0 amide bonds. The van der Waals surface area contributed by atoms with E-state index in [-0.39, 0.29) is 11.1 Å². The number of nitrogens with zero attached hydrogens (tertiary/aromatic N) is 1. The van der Waals surface area contributed by atoms with Gasteiger partial charge in [0.25, 0.3) is 0 Å². The number of hydrogen-bond donors (Lipinski definition) is 0. The number of hydrogen-bond acceptors (Lipinski definition) is 4. The Labute approximate surface area is 145 Å². The Morgan fingerprint density at radius 1 is 1.30 bits per heavy atom. The summed E-state index contributed by atoms with van der Waals surface area (Å²) in [5, 5.41) is 0.170. The predicted molar refractivity (Wildman–Crippen MR) is 91.9 cm³/mol. The van der Waals surface area contributed by atoms with Crippen LogP contribution in [0.3, 0.4) is 0 Å². The molecule has 0 bridgehead atoms. The summed E-state index contributed by atoms with van der Waals surface area (Å²) >= 11 is 6.20. The SMILES string of the molecule is CCN(CC)C1=C(Cl)C(=O)O[C@@H]1OC1CC(C)CCC1C(C)C. The van der Waals surface area contributed by atoms with Gasteiger partial charge >= 0.3 is 5.97 Å². The maximum Gasteiger partial charge on any atom is 0.354 e. The molecule has 0 N–H and O–H groups in total. The Kier molecular flexibility index (Phi) is 6.38. The van der Waals surface area contributed by atoms with Crippen molar-refractivity contribution in [3.05, 3.63) is 10.7 Å². The van der Waals surface area contributed by atoms with E-state index < -0.39 is 12.3 Å². The zero-order valence-electron chi connectivity index (χ0n) is 15.0. The third-order valence-electron chi connectivity index (χ3n) is 5.21. The van der Waals surface area contributed by atoms with Gasteiger partial charge in [-0.15, -0.1) is 0 Å². The van der Waals surface area contributed by atoms with Crippen molar-refractivity contribution >= 4 is 17.6 Å². The van der Waals surface area contributed by atoms with Gasteiger partial charge in [0.05, 0.1) is 6.10 Å². The molecule has 23 heavy (non-hydrogen) atoms. The Hall–Kier alpha value is -0.740. The summed E-state index contributed by atoms with van der Waals surface area (Å²) in [6.45, 7) is 12.4. The highest BCUT2D eigenvalue weighted by atomic mass is 35.5. The molecule has 2 aliphatic rings. The normalized spacial score (nSPS) is 31.7. The van der Waals surface area contributed by atoms with Gasteiger partial charge in [0.15, 0.2) is 5.03 Å². The first-order chi connectivity index (χ1) is 10.9. The topological polar surface area (TPSA) is 38.8 Å². The van der Waals surface area contributed by atoms with Gasteiger partial charge in [-0.3, -0.25) is 0 Å². The van der Waals surface area contributed by atoms with E-state index in [0.29, 0.717) is 23.5 Å². The summed E-state index contributed by atoms with van der Waals surface area (Å²) in [5.41, 5.74) is 0.697. The molecule has 0 aromatic rings. The maximum atomic E-state index is 11.9. The summed E-state index contributed by atoms with van der Waals surface area (Å²) in [5.74, 6) is 1.23. The largest absolute Gasteiger partial charge is 0.425 e. The van der Waals surface area contributed by atoms with Crippen molar-refractivity contribution in [2.75, 3.05) is 13.1 Å². The van der Waals surface area contributed by atoms with E-state index >= 15 is 0 Å². The van der Waals surface area contributed by atoms with Crippen molar-refractivity contribution in [1.82, 2.24) is 4.90 Å². The molecule has 0 saturated heterocycles. The van der Waals surface area contributed by atoms with Crippen LogP contribution >= 0.6 is 11.6 Å². The van der Waals surface area contributed by atoms with E-state index in [1.807, 2.05) is 13.8 Å². The second-order valence-electron chi connectivity index (χ2n) is 7.11. The van der Waals surface area contributed by atoms with Gasteiger partial charge in [-0.2, -0.15) is 0 Å². The number of cyclic esters (lactones) is 1. The van der Waals surface area contributed by atoms with Crippen molar-refractivity contribution in [1.29, 1.82) is 0 Å². The fraction of sp³-hybridized carbons (Fsp3) is 0.833. The first kappa shape index (κ1) is 18.6. The first-order valence-electron chi connectivity index (χ1n) is 8.89. The Morgan fingerprint density at radius 2 is 1.96 bits per heavy atom. The summed E-state index contributed by atoms with van der Waals surface area (Å²) in [7, 11) is 0. The predicted octanol–water partition coefficient (Wildman–Crippen LogP) is 4.14. The maximum absolute atomic E-state index is 11.9. The number of esters is 1. The number of rotatable bonds is 6. The van der Waals surface area contributed by atoms with Crippen molar-refractivity contribution in [3.8, 4) is 0 Å². The van der Waals surface area contributed by atoms with E-state index in [2.05, 4.69) is 25.7 Å². The average Bonchev–Trinajstić information content (AvgIpc) is 2.76. The molecule has 0 aromatic carbocycles. The number of halogens is 1. The summed E-state index contributed by atoms with van der Waals surface area (Å²) < 4.78 is 11.7. The lowest BCUT2D eigenvalue weighted by Gasteiger charge is -2.39.